The monoisotopic (exact) mass is 387 g/mol. The zero-order valence-electron chi connectivity index (χ0n) is 13.1. The van der Waals surface area contributed by atoms with Crippen molar-refractivity contribution in [2.24, 2.45) is 5.73 Å². The van der Waals surface area contributed by atoms with Gasteiger partial charge in [-0.25, -0.2) is 21.6 Å². The van der Waals surface area contributed by atoms with Gasteiger partial charge in [0.05, 0.1) is 18.6 Å². The molecule has 0 heterocycles. The van der Waals surface area contributed by atoms with Gasteiger partial charge in [0.15, 0.2) is 0 Å². The molecule has 0 aromatic heterocycles. The summed E-state index contributed by atoms with van der Waals surface area (Å²) in [5.74, 6) is -0.0571. The molecule has 0 saturated heterocycles. The molecule has 0 aliphatic carbocycles. The first-order chi connectivity index (χ1) is 10.1. The molecule has 4 N–H and O–H groups in total. The van der Waals surface area contributed by atoms with E-state index in [-0.39, 0.29) is 41.0 Å². The maximum absolute atomic E-state index is 12.2. The highest BCUT2D eigenvalue weighted by molar-refractivity contribution is 7.92. The lowest BCUT2D eigenvalue weighted by molar-refractivity contribution is 0.402. The molecule has 0 bridgehead atoms. The fraction of sp³-hybridized carbons (Fsp3) is 0.500. The van der Waals surface area contributed by atoms with Crippen LogP contribution in [-0.2, 0) is 20.0 Å². The van der Waals surface area contributed by atoms with Crippen molar-refractivity contribution in [1.29, 1.82) is 0 Å². The van der Waals surface area contributed by atoms with E-state index in [2.05, 4.69) is 9.44 Å². The number of benzene rings is 1. The number of hydrogen-bond acceptors (Lipinski definition) is 6. The van der Waals surface area contributed by atoms with Crippen LogP contribution in [0.4, 0.5) is 5.69 Å². The Kier molecular flexibility index (Phi) is 8.29. The van der Waals surface area contributed by atoms with Crippen molar-refractivity contribution in [3.05, 3.63) is 18.2 Å². The number of hydrogen-bond donors (Lipinski definition) is 3. The third kappa shape index (κ3) is 6.15. The summed E-state index contributed by atoms with van der Waals surface area (Å²) in [4.78, 5) is -0.0882. The lowest BCUT2D eigenvalue weighted by Gasteiger charge is -2.15. The van der Waals surface area contributed by atoms with Crippen molar-refractivity contribution in [1.82, 2.24) is 4.72 Å². The molecule has 134 valence electrons. The second-order valence-corrected chi connectivity index (χ2v) is 8.32. The van der Waals surface area contributed by atoms with Gasteiger partial charge in [0.2, 0.25) is 20.0 Å². The van der Waals surface area contributed by atoms with Crippen LogP contribution in [0.2, 0.25) is 0 Å². The van der Waals surface area contributed by atoms with Crippen LogP contribution in [0.3, 0.4) is 0 Å². The van der Waals surface area contributed by atoms with E-state index < -0.39 is 26.1 Å². The van der Waals surface area contributed by atoms with Crippen molar-refractivity contribution in [2.75, 3.05) is 24.1 Å². The average Bonchev–Trinajstić information content (AvgIpc) is 2.45. The Labute approximate surface area is 143 Å². The van der Waals surface area contributed by atoms with E-state index >= 15 is 0 Å². The number of methoxy groups -OCH3 is 1. The normalized spacial score (nSPS) is 13.0. The minimum Gasteiger partial charge on any atom is -0.495 e. The van der Waals surface area contributed by atoms with Crippen LogP contribution < -0.4 is 19.9 Å². The summed E-state index contributed by atoms with van der Waals surface area (Å²) in [5.41, 5.74) is 5.63. The van der Waals surface area contributed by atoms with E-state index in [1.165, 1.54) is 32.2 Å². The molecule has 1 aromatic rings. The minimum atomic E-state index is -3.81. The number of ether oxygens (including phenoxy) is 1. The lowest BCUT2D eigenvalue weighted by atomic mass is 10.3. The molecule has 0 aliphatic rings. The summed E-state index contributed by atoms with van der Waals surface area (Å²) in [7, 11) is -5.96. The summed E-state index contributed by atoms with van der Waals surface area (Å²) in [6.45, 7) is 3.28. The van der Waals surface area contributed by atoms with Gasteiger partial charge in [-0.05, 0) is 26.0 Å². The fourth-order valence-electron chi connectivity index (χ4n) is 1.58. The van der Waals surface area contributed by atoms with Crippen molar-refractivity contribution >= 4 is 38.1 Å². The highest BCUT2D eigenvalue weighted by Gasteiger charge is 2.22. The second-order valence-electron chi connectivity index (χ2n) is 4.63. The Morgan fingerprint density at radius 2 is 1.87 bits per heavy atom. The summed E-state index contributed by atoms with van der Waals surface area (Å²) in [6, 6.07) is 3.51. The van der Waals surface area contributed by atoms with Crippen molar-refractivity contribution < 1.29 is 21.6 Å². The van der Waals surface area contributed by atoms with E-state index in [0.717, 1.165) is 0 Å². The number of nitrogens with one attached hydrogen (secondary N) is 2. The molecule has 11 heteroatoms. The second kappa shape index (κ2) is 8.69. The first kappa shape index (κ1) is 21.9. The quantitative estimate of drug-likeness (QED) is 0.596. The number of rotatable bonds is 8. The minimum absolute atomic E-state index is 0. The third-order valence-electron chi connectivity index (χ3n) is 2.82. The lowest BCUT2D eigenvalue weighted by Crippen LogP contribution is -2.37. The van der Waals surface area contributed by atoms with E-state index in [9.17, 15) is 16.8 Å². The number of anilines is 1. The number of sulfonamides is 2. The van der Waals surface area contributed by atoms with E-state index in [1.54, 1.807) is 6.92 Å². The van der Waals surface area contributed by atoms with E-state index in [1.807, 2.05) is 0 Å². The number of halogens is 1. The molecule has 1 rings (SSSR count). The van der Waals surface area contributed by atoms with Crippen LogP contribution in [0.25, 0.3) is 0 Å². The Morgan fingerprint density at radius 1 is 1.26 bits per heavy atom. The predicted octanol–water partition coefficient (Wildman–Crippen LogP) is 0.504. The van der Waals surface area contributed by atoms with Crippen LogP contribution >= 0.6 is 12.4 Å². The van der Waals surface area contributed by atoms with Gasteiger partial charge < -0.3 is 10.5 Å². The summed E-state index contributed by atoms with van der Waals surface area (Å²) in [5, 5.41) is 0. The average molecular weight is 388 g/mol. The first-order valence-electron chi connectivity index (χ1n) is 6.56. The van der Waals surface area contributed by atoms with Gasteiger partial charge in [0, 0.05) is 18.7 Å². The smallest absolute Gasteiger partial charge is 0.244 e. The van der Waals surface area contributed by atoms with Gasteiger partial charge in [-0.3, -0.25) is 4.72 Å². The van der Waals surface area contributed by atoms with Crippen molar-refractivity contribution in [2.45, 2.75) is 24.8 Å². The van der Waals surface area contributed by atoms with Gasteiger partial charge in [-0.2, -0.15) is 0 Å². The SMILES string of the molecule is CCS(=O)(=O)Nc1ccc(S(=O)(=O)N[C@@H](C)CN)c(OC)c1.Cl. The van der Waals surface area contributed by atoms with Crippen LogP contribution in [0.15, 0.2) is 23.1 Å². The van der Waals surface area contributed by atoms with Gasteiger partial charge >= 0.3 is 0 Å². The Bertz CT molecular complexity index is 722. The zero-order valence-corrected chi connectivity index (χ0v) is 15.5. The highest BCUT2D eigenvalue weighted by atomic mass is 35.5. The predicted molar refractivity (Wildman–Crippen MR) is 92.2 cm³/mol. The summed E-state index contributed by atoms with van der Waals surface area (Å²) < 4.78 is 57.4. The summed E-state index contributed by atoms with van der Waals surface area (Å²) >= 11 is 0. The molecule has 0 spiro atoms. The molecule has 1 aromatic carbocycles. The Balaban J connectivity index is 0.00000484. The number of nitrogens with two attached hydrogens (primary N) is 1. The molecule has 8 nitrogen and oxygen atoms in total. The maximum atomic E-state index is 12.2. The van der Waals surface area contributed by atoms with E-state index in [0.29, 0.717) is 0 Å². The molecule has 0 fully saturated rings. The molecule has 0 unspecified atom stereocenters. The Hall–Kier alpha value is -1.07. The van der Waals surface area contributed by atoms with Gasteiger partial charge in [-0.15, -0.1) is 12.4 Å². The Morgan fingerprint density at radius 3 is 2.35 bits per heavy atom. The van der Waals surface area contributed by atoms with Gasteiger partial charge in [0.25, 0.3) is 0 Å². The zero-order chi connectivity index (χ0) is 17.0. The molecule has 23 heavy (non-hydrogen) atoms. The summed E-state index contributed by atoms with van der Waals surface area (Å²) in [6.07, 6.45) is 0. The fourth-order valence-corrected chi connectivity index (χ4v) is 3.62. The van der Waals surface area contributed by atoms with Gasteiger partial charge in [0.1, 0.15) is 10.6 Å². The standard InChI is InChI=1S/C12H21N3O5S2.ClH/c1-4-21(16,17)15-10-5-6-12(11(7-10)20-3)22(18,19)14-9(2)8-13;/h5-7,9,14-15H,4,8,13H2,1-3H3;1H/t9-;/m0./s1. The van der Waals surface area contributed by atoms with Crippen LogP contribution in [0, 0.1) is 0 Å². The van der Waals surface area contributed by atoms with E-state index in [4.69, 9.17) is 10.5 Å². The topological polar surface area (TPSA) is 128 Å². The van der Waals surface area contributed by atoms with Crippen molar-refractivity contribution in [3.63, 3.8) is 0 Å². The third-order valence-corrected chi connectivity index (χ3v) is 5.75. The van der Waals surface area contributed by atoms with Crippen LogP contribution in [0.5, 0.6) is 5.75 Å². The van der Waals surface area contributed by atoms with Crippen LogP contribution in [0.1, 0.15) is 13.8 Å². The molecule has 0 radical (unpaired) electrons. The molecular formula is C12H22ClN3O5S2. The molecule has 1 atom stereocenters. The maximum Gasteiger partial charge on any atom is 0.244 e. The molecule has 0 aliphatic heterocycles. The molecule has 0 amide bonds. The largest absolute Gasteiger partial charge is 0.495 e. The van der Waals surface area contributed by atoms with Crippen molar-refractivity contribution in [3.8, 4) is 5.75 Å². The highest BCUT2D eigenvalue weighted by Crippen LogP contribution is 2.27. The van der Waals surface area contributed by atoms with Crippen LogP contribution in [-0.4, -0.2) is 42.3 Å². The van der Waals surface area contributed by atoms with Gasteiger partial charge in [-0.1, -0.05) is 0 Å². The molecular weight excluding hydrogens is 366 g/mol. The first-order valence-corrected chi connectivity index (χ1v) is 9.69. The molecule has 0 saturated carbocycles.